The SMILES string of the molecule is Cc1ccc(C(O)c2ccc3nc(N4CCC4c4cccc(-c5c(Cl)nc6ccc(C(O)c7ccncc7)cc6c5Cl)c4)c(Cc4ccc(C(F)(F)F)cc4)c(Cl)c3c2)c(C)n1. The average Bonchev–Trinajstić information content (AvgIpc) is 3.24. The minimum atomic E-state index is -4.48. The second-order valence-corrected chi connectivity index (χ2v) is 16.7. The zero-order chi connectivity index (χ0) is 43.4. The van der Waals surface area contributed by atoms with E-state index in [1.165, 1.54) is 12.1 Å². The van der Waals surface area contributed by atoms with E-state index < -0.39 is 23.9 Å². The number of hydrogen-bond acceptors (Lipinski definition) is 7. The van der Waals surface area contributed by atoms with Gasteiger partial charge in [-0.05, 0) is 114 Å². The molecule has 2 N–H and O–H groups in total. The maximum absolute atomic E-state index is 13.5. The molecule has 3 atom stereocenters. The Balaban J connectivity index is 1.10. The van der Waals surface area contributed by atoms with Crippen molar-refractivity contribution >= 4 is 62.4 Å². The highest BCUT2D eigenvalue weighted by Crippen LogP contribution is 2.46. The number of nitrogens with zero attached hydrogens (tertiary/aromatic N) is 5. The number of pyridine rings is 4. The summed E-state index contributed by atoms with van der Waals surface area (Å²) < 4.78 is 40.6. The summed E-state index contributed by atoms with van der Waals surface area (Å²) in [5.74, 6) is 0.611. The first kappa shape index (κ1) is 41.7. The molecule has 8 aromatic rings. The van der Waals surface area contributed by atoms with E-state index in [2.05, 4.69) is 19.9 Å². The quantitative estimate of drug-likeness (QED) is 0.139. The maximum atomic E-state index is 13.5. The van der Waals surface area contributed by atoms with Crippen LogP contribution in [0.15, 0.2) is 122 Å². The van der Waals surface area contributed by atoms with Gasteiger partial charge in [-0.25, -0.2) is 9.97 Å². The lowest BCUT2D eigenvalue weighted by Crippen LogP contribution is -2.42. The first-order valence-electron chi connectivity index (χ1n) is 19.9. The van der Waals surface area contributed by atoms with E-state index in [4.69, 9.17) is 39.8 Å². The molecule has 0 radical (unpaired) electrons. The molecule has 7 nitrogen and oxygen atoms in total. The average molecular weight is 891 g/mol. The Hall–Kier alpha value is -5.62. The number of fused-ring (bicyclic) bond motifs is 2. The summed E-state index contributed by atoms with van der Waals surface area (Å²) in [4.78, 5) is 20.6. The monoisotopic (exact) mass is 889 g/mol. The van der Waals surface area contributed by atoms with Gasteiger partial charge in [-0.15, -0.1) is 0 Å². The van der Waals surface area contributed by atoms with Gasteiger partial charge < -0.3 is 15.1 Å². The van der Waals surface area contributed by atoms with Gasteiger partial charge in [0.15, 0.2) is 0 Å². The highest BCUT2D eigenvalue weighted by molar-refractivity contribution is 6.42. The van der Waals surface area contributed by atoms with Crippen molar-refractivity contribution < 1.29 is 23.4 Å². The van der Waals surface area contributed by atoms with Gasteiger partial charge >= 0.3 is 6.18 Å². The molecule has 4 aromatic carbocycles. The van der Waals surface area contributed by atoms with Crippen LogP contribution in [0, 0.1) is 13.8 Å². The molecule has 4 aromatic heterocycles. The molecular weight excluding hydrogens is 854 g/mol. The Morgan fingerprint density at radius 2 is 1.40 bits per heavy atom. The fraction of sp³-hybridized carbons (Fsp3) is 0.184. The molecule has 0 spiro atoms. The highest BCUT2D eigenvalue weighted by atomic mass is 35.5. The van der Waals surface area contributed by atoms with Crippen molar-refractivity contribution in [2.75, 3.05) is 11.4 Å². The number of aromatic nitrogens is 4. The first-order valence-corrected chi connectivity index (χ1v) is 21.0. The molecule has 1 fully saturated rings. The predicted molar refractivity (Wildman–Crippen MR) is 239 cm³/mol. The van der Waals surface area contributed by atoms with Crippen LogP contribution in [0.4, 0.5) is 19.0 Å². The minimum absolute atomic E-state index is 0.145. The molecular formula is C49H37Cl3F3N5O2. The Bertz CT molecular complexity index is 3010. The summed E-state index contributed by atoms with van der Waals surface area (Å²) in [7, 11) is 0. The summed E-state index contributed by atoms with van der Waals surface area (Å²) in [6, 6.07) is 30.9. The Morgan fingerprint density at radius 3 is 2.06 bits per heavy atom. The van der Waals surface area contributed by atoms with Crippen molar-refractivity contribution in [3.63, 3.8) is 0 Å². The minimum Gasteiger partial charge on any atom is -0.384 e. The van der Waals surface area contributed by atoms with E-state index in [1.54, 1.807) is 36.7 Å². The van der Waals surface area contributed by atoms with Crippen LogP contribution in [0.2, 0.25) is 15.2 Å². The van der Waals surface area contributed by atoms with Crippen LogP contribution in [0.25, 0.3) is 32.9 Å². The van der Waals surface area contributed by atoms with Gasteiger partial charge in [0.05, 0.1) is 32.7 Å². The molecule has 1 aliphatic rings. The van der Waals surface area contributed by atoms with Crippen LogP contribution >= 0.6 is 34.8 Å². The van der Waals surface area contributed by atoms with Crippen LogP contribution in [-0.2, 0) is 12.6 Å². The fourth-order valence-electron chi connectivity index (χ4n) is 8.27. The molecule has 0 bridgehead atoms. The van der Waals surface area contributed by atoms with Crippen molar-refractivity contribution in [3.05, 3.63) is 193 Å². The number of rotatable bonds is 9. The molecule has 0 aliphatic carbocycles. The molecule has 9 rings (SSSR count). The van der Waals surface area contributed by atoms with Gasteiger partial charge in [0.2, 0.25) is 0 Å². The second kappa shape index (κ2) is 16.6. The number of anilines is 1. The summed E-state index contributed by atoms with van der Waals surface area (Å²) >= 11 is 21.4. The lowest BCUT2D eigenvalue weighted by atomic mass is 9.90. The predicted octanol–water partition coefficient (Wildman–Crippen LogP) is 12.5. The van der Waals surface area contributed by atoms with Gasteiger partial charge in [-0.2, -0.15) is 13.2 Å². The summed E-state index contributed by atoms with van der Waals surface area (Å²) in [5, 5.41) is 24.9. The highest BCUT2D eigenvalue weighted by Gasteiger charge is 2.35. The smallest absolute Gasteiger partial charge is 0.384 e. The number of aryl methyl sites for hydroxylation is 2. The van der Waals surface area contributed by atoms with Crippen molar-refractivity contribution in [2.45, 2.75) is 51.1 Å². The van der Waals surface area contributed by atoms with Crippen LogP contribution in [0.3, 0.4) is 0 Å². The number of benzene rings is 4. The molecule has 5 heterocycles. The third-order valence-corrected chi connectivity index (χ3v) is 12.7. The number of alkyl halides is 3. The van der Waals surface area contributed by atoms with Gasteiger partial charge in [0.1, 0.15) is 23.2 Å². The fourth-order valence-corrected chi connectivity index (χ4v) is 9.27. The Kier molecular flexibility index (Phi) is 11.2. The number of hydrogen-bond donors (Lipinski definition) is 2. The molecule has 0 saturated carbocycles. The third kappa shape index (κ3) is 7.86. The first-order chi connectivity index (χ1) is 29.7. The lowest BCUT2D eigenvalue weighted by Gasteiger charge is -2.43. The summed E-state index contributed by atoms with van der Waals surface area (Å²) in [6.45, 7) is 4.38. The lowest BCUT2D eigenvalue weighted by molar-refractivity contribution is -0.137. The molecule has 0 amide bonds. The van der Waals surface area contributed by atoms with Gasteiger partial charge in [0.25, 0.3) is 0 Å². The molecule has 62 heavy (non-hydrogen) atoms. The van der Waals surface area contributed by atoms with E-state index in [-0.39, 0.29) is 17.6 Å². The molecule has 13 heteroatoms. The number of aliphatic hydroxyl groups is 2. The standard InChI is InChI=1S/C49H37Cl3F3N5O2/c1-26-6-13-35(27(2)57-26)46(62)33-10-15-40-36(25-33)43(50)38(22-28-7-11-34(12-8-28)49(53,54)55)48(59-40)60-21-18-41(60)30-4-3-5-31(23-30)42-44(51)37-24-32(9-14-39(37)58-47(42)52)45(61)29-16-19-56-20-17-29/h3-17,19-20,23-25,41,45-46,61-62H,18,21-22H2,1-2H3. The van der Waals surface area contributed by atoms with E-state index in [0.717, 1.165) is 35.4 Å². The topological polar surface area (TPSA) is 95.3 Å². The van der Waals surface area contributed by atoms with E-state index in [9.17, 15) is 23.4 Å². The molecule has 312 valence electrons. The Morgan fingerprint density at radius 1 is 0.726 bits per heavy atom. The zero-order valence-corrected chi connectivity index (χ0v) is 35.6. The molecule has 3 unspecified atom stereocenters. The molecule has 1 saturated heterocycles. The number of halogens is 6. The maximum Gasteiger partial charge on any atom is 0.416 e. The number of aliphatic hydroxyl groups excluding tert-OH is 2. The van der Waals surface area contributed by atoms with Crippen LogP contribution in [-0.4, -0.2) is 36.7 Å². The summed E-state index contributed by atoms with van der Waals surface area (Å²) in [6.07, 6.45) is -2.11. The van der Waals surface area contributed by atoms with Crippen LogP contribution in [0.5, 0.6) is 0 Å². The van der Waals surface area contributed by atoms with Crippen molar-refractivity contribution in [2.24, 2.45) is 0 Å². The molecule has 1 aliphatic heterocycles. The summed E-state index contributed by atoms with van der Waals surface area (Å²) in [5.41, 5.74) is 8.12. The van der Waals surface area contributed by atoms with E-state index >= 15 is 0 Å². The van der Waals surface area contributed by atoms with E-state index in [1.807, 2.05) is 74.5 Å². The van der Waals surface area contributed by atoms with Gasteiger partial charge in [0, 0.05) is 64.2 Å². The Labute approximate surface area is 370 Å². The van der Waals surface area contributed by atoms with Crippen molar-refractivity contribution in [1.29, 1.82) is 0 Å². The van der Waals surface area contributed by atoms with Crippen molar-refractivity contribution in [1.82, 2.24) is 19.9 Å². The van der Waals surface area contributed by atoms with Gasteiger partial charge in [-0.3, -0.25) is 9.97 Å². The normalized spacial score (nSPS) is 15.2. The van der Waals surface area contributed by atoms with E-state index in [0.29, 0.717) is 88.9 Å². The van der Waals surface area contributed by atoms with Crippen molar-refractivity contribution in [3.8, 4) is 11.1 Å². The second-order valence-electron chi connectivity index (χ2n) is 15.6. The largest absolute Gasteiger partial charge is 0.416 e. The van der Waals surface area contributed by atoms with Crippen LogP contribution < -0.4 is 4.90 Å². The zero-order valence-electron chi connectivity index (χ0n) is 33.3. The van der Waals surface area contributed by atoms with Gasteiger partial charge in [-0.1, -0.05) is 83.3 Å². The third-order valence-electron chi connectivity index (χ3n) is 11.6. The van der Waals surface area contributed by atoms with Crippen LogP contribution in [0.1, 0.15) is 80.6 Å².